The Morgan fingerprint density at radius 3 is 2.20 bits per heavy atom. The third-order valence-electron chi connectivity index (χ3n) is 3.51. The van der Waals surface area contributed by atoms with Crippen molar-refractivity contribution in [3.05, 3.63) is 65.7 Å². The van der Waals surface area contributed by atoms with Crippen LogP contribution in [0.2, 0.25) is 0 Å². The molecule has 0 aromatic heterocycles. The summed E-state index contributed by atoms with van der Waals surface area (Å²) in [6.07, 6.45) is 2.01. The second kappa shape index (κ2) is 7.11. The second-order valence-corrected chi connectivity index (χ2v) is 5.51. The van der Waals surface area contributed by atoms with E-state index in [-0.39, 0.29) is 6.04 Å². The number of benzene rings is 2. The highest BCUT2D eigenvalue weighted by Crippen LogP contribution is 2.15. The molecule has 0 amide bonds. The topological polar surface area (TPSA) is 29.3 Å². The van der Waals surface area contributed by atoms with Gasteiger partial charge in [-0.2, -0.15) is 0 Å². The molecule has 2 heteroatoms. The Bertz CT molecular complexity index is 503. The van der Waals surface area contributed by atoms with Crippen molar-refractivity contribution in [3.63, 3.8) is 0 Å². The van der Waals surface area contributed by atoms with Gasteiger partial charge in [-0.3, -0.25) is 0 Å². The lowest BCUT2D eigenvalue weighted by molar-refractivity contribution is 0.738. The summed E-state index contributed by atoms with van der Waals surface area (Å²) in [5.74, 6) is 0. The molecule has 0 heterocycles. The molecule has 2 aromatic carbocycles. The summed E-state index contributed by atoms with van der Waals surface area (Å²) in [6.45, 7) is 3.07. The van der Waals surface area contributed by atoms with Gasteiger partial charge >= 0.3 is 0 Å². The summed E-state index contributed by atoms with van der Waals surface area (Å²) in [5, 5.41) is 0. The summed E-state index contributed by atoms with van der Waals surface area (Å²) in [6, 6.07) is 19.6. The SMILES string of the molecule is CC(N)Cc1ccc(N(C)CCc2ccccc2)cc1. The maximum absolute atomic E-state index is 5.82. The molecule has 20 heavy (non-hydrogen) atoms. The van der Waals surface area contributed by atoms with Crippen molar-refractivity contribution in [1.82, 2.24) is 0 Å². The summed E-state index contributed by atoms with van der Waals surface area (Å²) in [4.78, 5) is 2.29. The highest BCUT2D eigenvalue weighted by atomic mass is 15.1. The van der Waals surface area contributed by atoms with Crippen molar-refractivity contribution < 1.29 is 0 Å². The molecule has 0 bridgehead atoms. The van der Waals surface area contributed by atoms with E-state index in [0.717, 1.165) is 19.4 Å². The van der Waals surface area contributed by atoms with Crippen LogP contribution in [0.3, 0.4) is 0 Å². The van der Waals surface area contributed by atoms with E-state index in [1.54, 1.807) is 0 Å². The minimum Gasteiger partial charge on any atom is -0.374 e. The molecule has 0 saturated heterocycles. The Morgan fingerprint density at radius 1 is 0.950 bits per heavy atom. The summed E-state index contributed by atoms with van der Waals surface area (Å²) in [7, 11) is 2.14. The van der Waals surface area contributed by atoms with Crippen LogP contribution in [0.25, 0.3) is 0 Å². The molecule has 2 aromatic rings. The van der Waals surface area contributed by atoms with Gasteiger partial charge < -0.3 is 10.6 Å². The van der Waals surface area contributed by atoms with E-state index in [4.69, 9.17) is 5.73 Å². The van der Waals surface area contributed by atoms with Crippen LogP contribution in [0.5, 0.6) is 0 Å². The number of rotatable bonds is 6. The molecule has 2 N–H and O–H groups in total. The first-order chi connectivity index (χ1) is 9.65. The minimum atomic E-state index is 0.219. The Labute approximate surface area is 122 Å². The molecule has 2 nitrogen and oxygen atoms in total. The van der Waals surface area contributed by atoms with Gasteiger partial charge in [0.15, 0.2) is 0 Å². The number of nitrogens with zero attached hydrogens (tertiary/aromatic N) is 1. The average Bonchev–Trinajstić information content (AvgIpc) is 2.46. The summed E-state index contributed by atoms with van der Waals surface area (Å²) < 4.78 is 0. The molecule has 0 aliphatic rings. The van der Waals surface area contributed by atoms with Gasteiger partial charge in [-0.15, -0.1) is 0 Å². The summed E-state index contributed by atoms with van der Waals surface area (Å²) in [5.41, 5.74) is 9.77. The number of anilines is 1. The van der Waals surface area contributed by atoms with Crippen LogP contribution in [0, 0.1) is 0 Å². The molecule has 0 aliphatic heterocycles. The fourth-order valence-corrected chi connectivity index (χ4v) is 2.33. The standard InChI is InChI=1S/C18H24N2/c1-15(19)14-17-8-10-18(11-9-17)20(2)13-12-16-6-4-3-5-7-16/h3-11,15H,12-14,19H2,1-2H3. The largest absolute Gasteiger partial charge is 0.374 e. The molecular weight excluding hydrogens is 244 g/mol. The zero-order valence-corrected chi connectivity index (χ0v) is 12.4. The predicted octanol–water partition coefficient (Wildman–Crippen LogP) is 3.26. The molecule has 0 radical (unpaired) electrons. The first-order valence-corrected chi connectivity index (χ1v) is 7.25. The van der Waals surface area contributed by atoms with Crippen molar-refractivity contribution in [2.75, 3.05) is 18.5 Å². The van der Waals surface area contributed by atoms with E-state index in [1.807, 2.05) is 6.92 Å². The van der Waals surface area contributed by atoms with E-state index >= 15 is 0 Å². The molecule has 2 rings (SSSR count). The Morgan fingerprint density at radius 2 is 1.60 bits per heavy atom. The highest BCUT2D eigenvalue weighted by molar-refractivity contribution is 5.47. The van der Waals surface area contributed by atoms with Crippen LogP contribution in [-0.2, 0) is 12.8 Å². The number of nitrogens with two attached hydrogens (primary N) is 1. The molecule has 0 fully saturated rings. The van der Waals surface area contributed by atoms with Gasteiger partial charge in [0.05, 0.1) is 0 Å². The lowest BCUT2D eigenvalue weighted by Crippen LogP contribution is -2.20. The quantitative estimate of drug-likeness (QED) is 0.871. The molecular formula is C18H24N2. The average molecular weight is 268 g/mol. The van der Waals surface area contributed by atoms with Crippen LogP contribution in [-0.4, -0.2) is 19.6 Å². The van der Waals surface area contributed by atoms with Crippen molar-refractivity contribution in [2.24, 2.45) is 5.73 Å². The van der Waals surface area contributed by atoms with Gasteiger partial charge in [-0.05, 0) is 43.0 Å². The summed E-state index contributed by atoms with van der Waals surface area (Å²) >= 11 is 0. The number of likely N-dealkylation sites (N-methyl/N-ethyl adjacent to an activating group) is 1. The smallest absolute Gasteiger partial charge is 0.0363 e. The Hall–Kier alpha value is -1.80. The van der Waals surface area contributed by atoms with E-state index < -0.39 is 0 Å². The zero-order chi connectivity index (χ0) is 14.4. The van der Waals surface area contributed by atoms with Gasteiger partial charge in [0.2, 0.25) is 0 Å². The minimum absolute atomic E-state index is 0.219. The molecule has 0 aliphatic carbocycles. The zero-order valence-electron chi connectivity index (χ0n) is 12.4. The highest BCUT2D eigenvalue weighted by Gasteiger charge is 2.03. The van der Waals surface area contributed by atoms with Crippen molar-refractivity contribution in [3.8, 4) is 0 Å². The van der Waals surface area contributed by atoms with Gasteiger partial charge in [0.1, 0.15) is 0 Å². The Kier molecular flexibility index (Phi) is 5.19. The Balaban J connectivity index is 1.90. The third-order valence-corrected chi connectivity index (χ3v) is 3.51. The van der Waals surface area contributed by atoms with Gasteiger partial charge in [0.25, 0.3) is 0 Å². The van der Waals surface area contributed by atoms with Crippen molar-refractivity contribution in [1.29, 1.82) is 0 Å². The normalized spacial score (nSPS) is 12.2. The third kappa shape index (κ3) is 4.39. The fraction of sp³-hybridized carbons (Fsp3) is 0.333. The van der Waals surface area contributed by atoms with Crippen molar-refractivity contribution >= 4 is 5.69 Å². The number of hydrogen-bond acceptors (Lipinski definition) is 2. The molecule has 106 valence electrons. The predicted molar refractivity (Wildman–Crippen MR) is 87.2 cm³/mol. The number of hydrogen-bond donors (Lipinski definition) is 1. The van der Waals surface area contributed by atoms with E-state index in [0.29, 0.717) is 0 Å². The van der Waals surface area contributed by atoms with E-state index in [2.05, 4.69) is 66.5 Å². The molecule has 0 saturated carbocycles. The lowest BCUT2D eigenvalue weighted by Gasteiger charge is -2.20. The molecule has 1 atom stereocenters. The van der Waals surface area contributed by atoms with E-state index in [9.17, 15) is 0 Å². The van der Waals surface area contributed by atoms with Crippen LogP contribution in [0.4, 0.5) is 5.69 Å². The first-order valence-electron chi connectivity index (χ1n) is 7.25. The second-order valence-electron chi connectivity index (χ2n) is 5.51. The van der Waals surface area contributed by atoms with Gasteiger partial charge in [0, 0.05) is 25.3 Å². The van der Waals surface area contributed by atoms with Crippen LogP contribution in [0.15, 0.2) is 54.6 Å². The van der Waals surface area contributed by atoms with Gasteiger partial charge in [-0.1, -0.05) is 42.5 Å². The van der Waals surface area contributed by atoms with Crippen LogP contribution in [0.1, 0.15) is 18.1 Å². The van der Waals surface area contributed by atoms with E-state index in [1.165, 1.54) is 16.8 Å². The maximum atomic E-state index is 5.82. The lowest BCUT2D eigenvalue weighted by atomic mass is 10.1. The van der Waals surface area contributed by atoms with Gasteiger partial charge in [-0.25, -0.2) is 0 Å². The fourth-order valence-electron chi connectivity index (χ4n) is 2.33. The maximum Gasteiger partial charge on any atom is 0.0363 e. The molecule has 0 spiro atoms. The van der Waals surface area contributed by atoms with Crippen molar-refractivity contribution in [2.45, 2.75) is 25.8 Å². The van der Waals surface area contributed by atoms with Crippen LogP contribution < -0.4 is 10.6 Å². The monoisotopic (exact) mass is 268 g/mol. The first kappa shape index (κ1) is 14.6. The molecule has 1 unspecified atom stereocenters. The van der Waals surface area contributed by atoms with Crippen LogP contribution >= 0.6 is 0 Å².